The van der Waals surface area contributed by atoms with Gasteiger partial charge >= 0.3 is 7.12 Å². The predicted molar refractivity (Wildman–Crippen MR) is 506 cm³/mol. The van der Waals surface area contributed by atoms with Gasteiger partial charge in [-0.3, -0.25) is 28.7 Å². The molecule has 0 bridgehead atoms. The number of nitrogens with one attached hydrogen (secondary N) is 5. The maximum atomic E-state index is 6.66. The minimum atomic E-state index is -0.312. The number of nitrogens with zero attached hydrogens (tertiary/aromatic N) is 12. The molecule has 0 spiro atoms. The average Bonchev–Trinajstić information content (AvgIpc) is 1.60. The van der Waals surface area contributed by atoms with Crippen LogP contribution in [0.25, 0.3) is 136 Å². The first-order valence-corrected chi connectivity index (χ1v) is 43.7. The van der Waals surface area contributed by atoms with Gasteiger partial charge in [0, 0.05) is 105 Å². The number of H-pyrrole nitrogens is 2. The SMILES string of the molecule is CC1(C)OB(c2cnc3c(c2)CC=C3)OC1(C)C.CC1(c2ccc(-c3c(-c4cnc5cc[nH]c5c4)nc4n3-c3cccnc3Nc3ccccc3-4)cc2)CCC1.CC1(c2ccc(-c3c(Br)nc4n3-c3cccnc3Nc3ccccc3-4)cc2)CCC1.Cl.NC1(c2ccc(-c3c(-c4cnc5cc[nH]c5c4)nc4n3-c3cccnc3Nc3ccccc3-4)cc2)CCC1. The Hall–Kier alpha value is -13.2. The molecule has 23 heteroatoms. The van der Waals surface area contributed by atoms with E-state index in [1.807, 2.05) is 110 Å². The number of benzene rings is 6. The van der Waals surface area contributed by atoms with Gasteiger partial charge in [0.1, 0.15) is 22.1 Å². The predicted octanol–water partition coefficient (Wildman–Crippen LogP) is 23.4. The molecule has 1 saturated heterocycles. The van der Waals surface area contributed by atoms with E-state index >= 15 is 0 Å². The fraction of sp³-hybridized carbons (Fsp3) is 0.206. The Labute approximate surface area is 739 Å². The van der Waals surface area contributed by atoms with Crippen molar-refractivity contribution >= 4 is 104 Å². The fourth-order valence-corrected chi connectivity index (χ4v) is 19.2. The van der Waals surface area contributed by atoms with Gasteiger partial charge in [0.25, 0.3) is 0 Å². The molecule has 8 aliphatic rings. The number of rotatable bonds is 9. The van der Waals surface area contributed by atoms with Gasteiger partial charge < -0.3 is 41.0 Å². The lowest BCUT2D eigenvalue weighted by molar-refractivity contribution is 0.00578. The van der Waals surface area contributed by atoms with Crippen LogP contribution in [0, 0.1) is 0 Å². The van der Waals surface area contributed by atoms with Crippen LogP contribution in [0.1, 0.15) is 127 Å². The number of hydrogen-bond acceptors (Lipinski definition) is 15. The van der Waals surface area contributed by atoms with E-state index in [2.05, 4.69) is 271 Å². The largest absolute Gasteiger partial charge is 0.496 e. The summed E-state index contributed by atoms with van der Waals surface area (Å²) < 4.78 is 19.6. The summed E-state index contributed by atoms with van der Waals surface area (Å²) in [5, 5.41) is 10.6. The summed E-state index contributed by atoms with van der Waals surface area (Å²) in [7, 11) is -0.312. The highest BCUT2D eigenvalue weighted by molar-refractivity contribution is 9.10. The molecule has 4 aliphatic heterocycles. The zero-order valence-corrected chi connectivity index (χ0v) is 72.6. The van der Waals surface area contributed by atoms with E-state index in [1.165, 1.54) is 67.2 Å². The molecule has 3 saturated carbocycles. The Kier molecular flexibility index (Phi) is 19.5. The molecule has 15 heterocycles. The highest BCUT2D eigenvalue weighted by Gasteiger charge is 2.52. The number of fused-ring (bicyclic) bond motifs is 18. The molecule has 0 radical (unpaired) electrons. The number of nitrogens with two attached hydrogens (primary N) is 1. The molecular weight excluding hydrogens is 1640 g/mol. The van der Waals surface area contributed by atoms with E-state index in [0.29, 0.717) is 5.41 Å². The van der Waals surface area contributed by atoms with Crippen LogP contribution in [0.15, 0.2) is 273 Å². The van der Waals surface area contributed by atoms with Crippen molar-refractivity contribution < 1.29 is 9.31 Å². The molecule has 20 nitrogen and oxygen atoms in total. The Morgan fingerprint density at radius 2 is 0.824 bits per heavy atom. The van der Waals surface area contributed by atoms with E-state index in [9.17, 15) is 0 Å². The van der Waals surface area contributed by atoms with Gasteiger partial charge in [-0.15, -0.1) is 12.4 Å². The maximum absolute atomic E-state index is 6.66. The maximum Gasteiger partial charge on any atom is 0.496 e. The standard InChI is InChI=1S/C32H26N6.C31H25N7.C25H21BrN4.C14H18BNO2.ClH/c1-32(14-5-15-32)22-11-9-20(10-12-22)29-28(21-18-26-25(35-19-21)13-17-33-26)37-31-23-6-2-3-7-24(23)36-30-27(38(29)31)8-4-16-34-30;32-31(13-4-14-31)21-10-8-19(9-11-21)28-27(20-17-25-24(35-18-20)12-16-33-25)37-30-22-5-1-2-6-23(22)36-29-26(38(28)30)7-3-15-34-29;1-25(13-5-14-25)17-11-9-16(10-12-17)21-22(26)29-24-18-6-2-3-7-19(18)28-23-20(30(21)24)8-4-15-27-23;1-13(2)14(3,4)18-15(17-13)11-8-10-6-5-7-12(10)16-9-11;/h2-4,6-13,16-19,33H,5,14-15H2,1H3,(H,34,36);1-3,5-12,15-18,33H,4,13-14,32H2,(H,34,36);2-4,6-12,15H,5,13-14H2,1H3,(H,27,28);5,7-9H,6H2,1-4H3;1H. The molecule has 0 unspecified atom stereocenters. The highest BCUT2D eigenvalue weighted by atomic mass is 79.9. The Bertz CT molecular complexity index is 6800. The van der Waals surface area contributed by atoms with Crippen LogP contribution in [0.5, 0.6) is 0 Å². The lowest BCUT2D eigenvalue weighted by Gasteiger charge is -2.39. The number of hydrogen-bond donors (Lipinski definition) is 6. The summed E-state index contributed by atoms with van der Waals surface area (Å²) in [4.78, 5) is 50.1. The van der Waals surface area contributed by atoms with E-state index in [0.717, 1.165) is 199 Å². The van der Waals surface area contributed by atoms with Gasteiger partial charge in [0.05, 0.1) is 102 Å². The van der Waals surface area contributed by atoms with Crippen molar-refractivity contribution in [3.8, 4) is 108 Å². The zero-order valence-electron chi connectivity index (χ0n) is 70.2. The molecule has 618 valence electrons. The molecule has 4 fully saturated rings. The average molecular weight is 1730 g/mol. The van der Waals surface area contributed by atoms with E-state index in [4.69, 9.17) is 49.9 Å². The monoisotopic (exact) mass is 1720 g/mol. The molecule has 125 heavy (non-hydrogen) atoms. The number of para-hydroxylation sites is 3. The summed E-state index contributed by atoms with van der Waals surface area (Å²) in [6.45, 7) is 13.0. The van der Waals surface area contributed by atoms with Crippen LogP contribution in [0.2, 0.25) is 0 Å². The highest BCUT2D eigenvalue weighted by Crippen LogP contribution is 2.52. The normalized spacial score (nSPS) is 16.3. The molecule has 0 amide bonds. The van der Waals surface area contributed by atoms with Gasteiger partial charge in [-0.2, -0.15) is 0 Å². The molecule has 17 aromatic rings. The molecule has 7 N–H and O–H groups in total. The van der Waals surface area contributed by atoms with Gasteiger partial charge in [-0.05, 0) is 231 Å². The second-order valence-corrected chi connectivity index (χ2v) is 36.1. The van der Waals surface area contributed by atoms with Crippen molar-refractivity contribution in [2.45, 2.75) is 133 Å². The quantitative estimate of drug-likeness (QED) is 0.0736. The smallest absolute Gasteiger partial charge is 0.399 e. The third-order valence-electron chi connectivity index (χ3n) is 27.0. The summed E-state index contributed by atoms with van der Waals surface area (Å²) in [6.07, 6.45) is 31.1. The molecule has 4 aliphatic carbocycles. The Morgan fingerprint density at radius 1 is 0.416 bits per heavy atom. The lowest BCUT2D eigenvalue weighted by atomic mass is 9.66. The van der Waals surface area contributed by atoms with Crippen LogP contribution in [-0.4, -0.2) is 86.8 Å². The first-order valence-electron chi connectivity index (χ1n) is 42.9. The number of halogens is 2. The minimum Gasteiger partial charge on any atom is -0.399 e. The summed E-state index contributed by atoms with van der Waals surface area (Å²) in [5.41, 5.74) is 36.7. The number of imidazole rings is 3. The van der Waals surface area contributed by atoms with Gasteiger partial charge in [0.2, 0.25) is 0 Å². The van der Waals surface area contributed by atoms with Crippen molar-refractivity contribution in [3.05, 3.63) is 301 Å². The molecule has 11 aromatic heterocycles. The number of aromatic amines is 2. The third kappa shape index (κ3) is 13.8. The van der Waals surface area contributed by atoms with Crippen molar-refractivity contribution in [1.82, 2.24) is 68.5 Å². The molecule has 25 rings (SSSR count). The number of allylic oxidation sites excluding steroid dienone is 1. The summed E-state index contributed by atoms with van der Waals surface area (Å²) in [6, 6.07) is 74.2. The number of anilines is 6. The van der Waals surface area contributed by atoms with Crippen molar-refractivity contribution in [3.63, 3.8) is 0 Å². The van der Waals surface area contributed by atoms with Crippen molar-refractivity contribution in [2.24, 2.45) is 5.73 Å². The van der Waals surface area contributed by atoms with Crippen LogP contribution < -0.4 is 27.1 Å². The Balaban J connectivity index is 0.000000105. The zero-order chi connectivity index (χ0) is 83.8. The van der Waals surface area contributed by atoms with Crippen molar-refractivity contribution in [2.75, 3.05) is 16.0 Å². The Morgan fingerprint density at radius 3 is 1.25 bits per heavy atom. The molecular formula is C102H91BBrClN18O2. The molecule has 0 atom stereocenters. The van der Waals surface area contributed by atoms with Crippen LogP contribution in [0.4, 0.5) is 34.5 Å². The van der Waals surface area contributed by atoms with Crippen LogP contribution >= 0.6 is 28.3 Å². The third-order valence-corrected chi connectivity index (χ3v) is 27.6. The first kappa shape index (κ1) is 79.0. The second kappa shape index (κ2) is 30.9. The van der Waals surface area contributed by atoms with E-state index in [-0.39, 0.29) is 41.7 Å². The summed E-state index contributed by atoms with van der Waals surface area (Å²) >= 11 is 3.75. The van der Waals surface area contributed by atoms with Crippen LogP contribution in [0.3, 0.4) is 0 Å². The van der Waals surface area contributed by atoms with Gasteiger partial charge in [-0.1, -0.05) is 148 Å². The fourth-order valence-electron chi connectivity index (χ4n) is 18.7. The molecule has 6 aromatic carbocycles. The minimum absolute atomic E-state index is 0. The first-order chi connectivity index (χ1) is 60.4. The van der Waals surface area contributed by atoms with E-state index < -0.39 is 0 Å². The van der Waals surface area contributed by atoms with Gasteiger partial charge in [0.15, 0.2) is 17.5 Å². The van der Waals surface area contributed by atoms with E-state index in [1.54, 1.807) is 0 Å². The number of aromatic nitrogens is 14. The van der Waals surface area contributed by atoms with Crippen LogP contribution in [-0.2, 0) is 32.1 Å². The topological polar surface area (TPSA) is 243 Å². The van der Waals surface area contributed by atoms with Gasteiger partial charge in [-0.25, -0.2) is 29.9 Å². The lowest BCUT2D eigenvalue weighted by Crippen LogP contribution is -2.43. The summed E-state index contributed by atoms with van der Waals surface area (Å²) in [5.74, 6) is 5.06. The van der Waals surface area contributed by atoms with Crippen molar-refractivity contribution in [1.29, 1.82) is 0 Å². The second-order valence-electron chi connectivity index (χ2n) is 35.3. The number of pyridine rings is 6.